The summed E-state index contributed by atoms with van der Waals surface area (Å²) in [5.74, 6) is -0.253. The molecule has 0 fully saturated rings. The molecule has 0 bridgehead atoms. The average Bonchev–Trinajstić information content (AvgIpc) is 2.80. The van der Waals surface area contributed by atoms with Crippen molar-refractivity contribution < 1.29 is 13.2 Å². The average molecular weight is 439 g/mol. The maximum atomic E-state index is 13.4. The van der Waals surface area contributed by atoms with Crippen LogP contribution in [0.1, 0.15) is 35.3 Å². The SMILES string of the molecule is CCN(CC)S(=O)(=O)c1cccc(C(=O)N(Cc2ccncc2)Cc2cccnc2)c1. The number of carbonyl (C=O) groups is 1. The summed E-state index contributed by atoms with van der Waals surface area (Å²) in [4.78, 5) is 23.4. The van der Waals surface area contributed by atoms with E-state index in [2.05, 4.69) is 9.97 Å². The molecule has 7 nitrogen and oxygen atoms in total. The third-order valence-corrected chi connectivity index (χ3v) is 6.98. The van der Waals surface area contributed by atoms with Crippen LogP contribution in [0.2, 0.25) is 0 Å². The van der Waals surface area contributed by atoms with E-state index in [-0.39, 0.29) is 10.8 Å². The smallest absolute Gasteiger partial charge is 0.254 e. The topological polar surface area (TPSA) is 83.5 Å². The molecule has 0 spiro atoms. The molecule has 3 rings (SSSR count). The van der Waals surface area contributed by atoms with E-state index >= 15 is 0 Å². The predicted molar refractivity (Wildman–Crippen MR) is 119 cm³/mol. The van der Waals surface area contributed by atoms with Gasteiger partial charge in [-0.3, -0.25) is 14.8 Å². The summed E-state index contributed by atoms with van der Waals surface area (Å²) >= 11 is 0. The second-order valence-electron chi connectivity index (χ2n) is 7.00. The number of pyridine rings is 2. The van der Waals surface area contributed by atoms with Crippen LogP contribution in [-0.4, -0.2) is 46.6 Å². The number of benzene rings is 1. The van der Waals surface area contributed by atoms with Gasteiger partial charge in [0.2, 0.25) is 10.0 Å². The Morgan fingerprint density at radius 3 is 2.23 bits per heavy atom. The van der Waals surface area contributed by atoms with Crippen LogP contribution in [-0.2, 0) is 23.1 Å². The molecule has 0 saturated carbocycles. The first kappa shape index (κ1) is 22.6. The van der Waals surface area contributed by atoms with E-state index < -0.39 is 10.0 Å². The molecule has 31 heavy (non-hydrogen) atoms. The minimum atomic E-state index is -3.66. The van der Waals surface area contributed by atoms with Crippen molar-refractivity contribution in [3.8, 4) is 0 Å². The van der Waals surface area contributed by atoms with Crippen LogP contribution in [0.5, 0.6) is 0 Å². The van der Waals surface area contributed by atoms with Crippen molar-refractivity contribution in [2.45, 2.75) is 31.8 Å². The first-order valence-corrected chi connectivity index (χ1v) is 11.6. The van der Waals surface area contributed by atoms with Crippen molar-refractivity contribution in [1.82, 2.24) is 19.2 Å². The van der Waals surface area contributed by atoms with Crippen LogP contribution >= 0.6 is 0 Å². The maximum absolute atomic E-state index is 13.4. The number of aromatic nitrogens is 2. The van der Waals surface area contributed by atoms with E-state index in [1.165, 1.54) is 16.4 Å². The Morgan fingerprint density at radius 2 is 1.58 bits per heavy atom. The summed E-state index contributed by atoms with van der Waals surface area (Å²) in [6.45, 7) is 5.03. The Bertz CT molecular complexity index is 1060. The highest BCUT2D eigenvalue weighted by Crippen LogP contribution is 2.20. The van der Waals surface area contributed by atoms with Crippen molar-refractivity contribution in [2.75, 3.05) is 13.1 Å². The molecule has 0 atom stereocenters. The first-order chi connectivity index (χ1) is 15.0. The number of carbonyl (C=O) groups excluding carboxylic acids is 1. The van der Waals surface area contributed by atoms with Gasteiger partial charge in [-0.1, -0.05) is 26.0 Å². The minimum absolute atomic E-state index is 0.118. The molecule has 0 unspecified atom stereocenters. The molecular formula is C23H26N4O3S. The molecule has 8 heteroatoms. The van der Waals surface area contributed by atoms with E-state index in [1.807, 2.05) is 24.3 Å². The fourth-order valence-electron chi connectivity index (χ4n) is 3.30. The van der Waals surface area contributed by atoms with Crippen molar-refractivity contribution in [3.63, 3.8) is 0 Å². The molecule has 0 aliphatic rings. The number of hydrogen-bond acceptors (Lipinski definition) is 5. The Hall–Kier alpha value is -3.10. The molecule has 1 aromatic carbocycles. The Balaban J connectivity index is 1.93. The quantitative estimate of drug-likeness (QED) is 0.512. The third-order valence-electron chi connectivity index (χ3n) is 4.93. The summed E-state index contributed by atoms with van der Waals surface area (Å²) in [7, 11) is -3.66. The molecule has 3 aromatic rings. The fraction of sp³-hybridized carbons (Fsp3) is 0.261. The first-order valence-electron chi connectivity index (χ1n) is 10.1. The summed E-state index contributed by atoms with van der Waals surface area (Å²) < 4.78 is 27.2. The van der Waals surface area contributed by atoms with Crippen molar-refractivity contribution in [3.05, 3.63) is 90.0 Å². The van der Waals surface area contributed by atoms with E-state index in [1.54, 1.807) is 55.7 Å². The van der Waals surface area contributed by atoms with E-state index in [0.717, 1.165) is 11.1 Å². The summed E-state index contributed by atoms with van der Waals surface area (Å²) in [5, 5.41) is 0. The van der Waals surface area contributed by atoms with Gasteiger partial charge in [0.05, 0.1) is 4.90 Å². The molecule has 0 radical (unpaired) electrons. The van der Waals surface area contributed by atoms with Crippen molar-refractivity contribution in [1.29, 1.82) is 0 Å². The highest BCUT2D eigenvalue weighted by atomic mass is 32.2. The van der Waals surface area contributed by atoms with Crippen LogP contribution in [0, 0.1) is 0 Å². The molecule has 0 aliphatic carbocycles. The molecule has 2 heterocycles. The van der Waals surface area contributed by atoms with Gasteiger partial charge in [-0.05, 0) is 47.5 Å². The van der Waals surface area contributed by atoms with Crippen molar-refractivity contribution in [2.24, 2.45) is 0 Å². The van der Waals surface area contributed by atoms with Crippen LogP contribution in [0.15, 0.2) is 78.2 Å². The zero-order chi connectivity index (χ0) is 22.3. The third kappa shape index (κ3) is 5.53. The lowest BCUT2D eigenvalue weighted by molar-refractivity contribution is 0.0729. The normalized spacial score (nSPS) is 11.5. The van der Waals surface area contributed by atoms with Crippen LogP contribution < -0.4 is 0 Å². The lowest BCUT2D eigenvalue weighted by atomic mass is 10.1. The van der Waals surface area contributed by atoms with Gasteiger partial charge in [0.25, 0.3) is 5.91 Å². The van der Waals surface area contributed by atoms with Gasteiger partial charge >= 0.3 is 0 Å². The Morgan fingerprint density at radius 1 is 0.871 bits per heavy atom. The minimum Gasteiger partial charge on any atom is -0.330 e. The molecular weight excluding hydrogens is 412 g/mol. The van der Waals surface area contributed by atoms with Crippen LogP contribution in [0.25, 0.3) is 0 Å². The Labute approximate surface area is 183 Å². The van der Waals surface area contributed by atoms with Gasteiger partial charge in [-0.15, -0.1) is 0 Å². The summed E-state index contributed by atoms with van der Waals surface area (Å²) in [6, 6.07) is 13.7. The number of nitrogens with zero attached hydrogens (tertiary/aromatic N) is 4. The molecule has 2 aromatic heterocycles. The largest absolute Gasteiger partial charge is 0.330 e. The molecule has 1 amide bonds. The second kappa shape index (κ2) is 10.3. The summed E-state index contributed by atoms with van der Waals surface area (Å²) in [5.41, 5.74) is 2.14. The van der Waals surface area contributed by atoms with Gasteiger partial charge in [0, 0.05) is 56.5 Å². The standard InChI is InChI=1S/C23H26N4O3S/c1-3-27(4-2)31(29,30)22-9-5-8-21(15-22)23(28)26(17-19-10-13-24-14-11-19)18-20-7-6-12-25-16-20/h5-16H,3-4,17-18H2,1-2H3. The Kier molecular flexibility index (Phi) is 7.49. The molecule has 0 saturated heterocycles. The predicted octanol–water partition coefficient (Wildman–Crippen LogP) is 3.35. The van der Waals surface area contributed by atoms with E-state index in [4.69, 9.17) is 0 Å². The van der Waals surface area contributed by atoms with E-state index in [9.17, 15) is 13.2 Å². The van der Waals surface area contributed by atoms with Gasteiger partial charge in [-0.2, -0.15) is 4.31 Å². The number of amides is 1. The fourth-order valence-corrected chi connectivity index (χ4v) is 4.81. The van der Waals surface area contributed by atoms with E-state index in [0.29, 0.717) is 31.7 Å². The lowest BCUT2D eigenvalue weighted by Gasteiger charge is -2.24. The highest BCUT2D eigenvalue weighted by Gasteiger charge is 2.24. The number of hydrogen-bond donors (Lipinski definition) is 0. The zero-order valence-corrected chi connectivity index (χ0v) is 18.5. The van der Waals surface area contributed by atoms with Gasteiger partial charge in [0.1, 0.15) is 0 Å². The van der Waals surface area contributed by atoms with Gasteiger partial charge < -0.3 is 4.90 Å². The lowest BCUT2D eigenvalue weighted by Crippen LogP contribution is -2.32. The maximum Gasteiger partial charge on any atom is 0.254 e. The van der Waals surface area contributed by atoms with Crippen LogP contribution in [0.3, 0.4) is 0 Å². The summed E-state index contributed by atoms with van der Waals surface area (Å²) in [6.07, 6.45) is 6.76. The number of sulfonamides is 1. The number of rotatable bonds is 9. The van der Waals surface area contributed by atoms with Gasteiger partial charge in [-0.25, -0.2) is 8.42 Å². The molecule has 162 valence electrons. The van der Waals surface area contributed by atoms with Crippen molar-refractivity contribution >= 4 is 15.9 Å². The van der Waals surface area contributed by atoms with Gasteiger partial charge in [0.15, 0.2) is 0 Å². The molecule has 0 N–H and O–H groups in total. The highest BCUT2D eigenvalue weighted by molar-refractivity contribution is 7.89. The van der Waals surface area contributed by atoms with Crippen LogP contribution in [0.4, 0.5) is 0 Å². The zero-order valence-electron chi connectivity index (χ0n) is 17.7. The second-order valence-corrected chi connectivity index (χ2v) is 8.93. The monoisotopic (exact) mass is 438 g/mol. The molecule has 0 aliphatic heterocycles.